The summed E-state index contributed by atoms with van der Waals surface area (Å²) in [6.45, 7) is 4.97. The fraction of sp³-hybridized carbons (Fsp3) is 0.769. The van der Waals surface area contributed by atoms with E-state index < -0.39 is 0 Å². The third-order valence-corrected chi connectivity index (χ3v) is 3.77. The molecule has 0 spiro atoms. The molecule has 2 aliphatic carbocycles. The van der Waals surface area contributed by atoms with Gasteiger partial charge in [-0.15, -0.1) is 0 Å². The van der Waals surface area contributed by atoms with Crippen molar-refractivity contribution in [1.82, 2.24) is 0 Å². The molecule has 0 aliphatic heterocycles. The van der Waals surface area contributed by atoms with E-state index >= 15 is 0 Å². The van der Waals surface area contributed by atoms with Gasteiger partial charge in [0.25, 0.3) is 0 Å². The fourth-order valence-electron chi connectivity index (χ4n) is 2.19. The number of hydrogen-bond donors (Lipinski definition) is 0. The predicted molar refractivity (Wildman–Crippen MR) is 59.3 cm³/mol. The Morgan fingerprint density at radius 3 is 2.53 bits per heavy atom. The van der Waals surface area contributed by atoms with Crippen LogP contribution >= 0.6 is 0 Å². The van der Waals surface area contributed by atoms with Gasteiger partial charge in [0.05, 0.1) is 12.5 Å². The maximum Gasteiger partial charge on any atom is 0.309 e. The van der Waals surface area contributed by atoms with Gasteiger partial charge in [-0.2, -0.15) is 0 Å². The van der Waals surface area contributed by atoms with E-state index in [1.165, 1.54) is 0 Å². The summed E-state index contributed by atoms with van der Waals surface area (Å²) >= 11 is 0. The number of hydrogen-bond acceptors (Lipinski definition) is 2. The SMILES string of the molecule is CC1CC=CCC1COC(=O)C1CC1C. The number of carbonyl (C=O) groups is 1. The van der Waals surface area contributed by atoms with Gasteiger partial charge in [-0.3, -0.25) is 4.79 Å². The average molecular weight is 208 g/mol. The molecule has 2 heteroatoms. The van der Waals surface area contributed by atoms with E-state index in [0.717, 1.165) is 19.3 Å². The van der Waals surface area contributed by atoms with Gasteiger partial charge in [0.1, 0.15) is 0 Å². The molecule has 1 fully saturated rings. The quantitative estimate of drug-likeness (QED) is 0.526. The lowest BCUT2D eigenvalue weighted by Crippen LogP contribution is -2.22. The summed E-state index contributed by atoms with van der Waals surface area (Å²) in [4.78, 5) is 11.5. The van der Waals surface area contributed by atoms with Gasteiger partial charge in [-0.1, -0.05) is 26.0 Å². The highest BCUT2D eigenvalue weighted by Crippen LogP contribution is 2.39. The second-order valence-corrected chi connectivity index (χ2v) is 5.13. The minimum atomic E-state index is 0.0317. The van der Waals surface area contributed by atoms with Gasteiger partial charge in [-0.05, 0) is 37.0 Å². The van der Waals surface area contributed by atoms with Crippen LogP contribution in [0.3, 0.4) is 0 Å². The molecule has 2 nitrogen and oxygen atoms in total. The van der Waals surface area contributed by atoms with Crippen molar-refractivity contribution in [1.29, 1.82) is 0 Å². The lowest BCUT2D eigenvalue weighted by Gasteiger charge is -2.24. The summed E-state index contributed by atoms with van der Waals surface area (Å²) in [5, 5.41) is 0. The van der Waals surface area contributed by atoms with Crippen molar-refractivity contribution in [3.05, 3.63) is 12.2 Å². The zero-order chi connectivity index (χ0) is 10.8. The summed E-state index contributed by atoms with van der Waals surface area (Å²) in [6, 6.07) is 0. The van der Waals surface area contributed by atoms with Crippen molar-refractivity contribution in [2.24, 2.45) is 23.7 Å². The zero-order valence-electron chi connectivity index (χ0n) is 9.61. The highest BCUT2D eigenvalue weighted by molar-refractivity contribution is 5.75. The topological polar surface area (TPSA) is 26.3 Å². The molecule has 0 amide bonds. The molecule has 0 aromatic rings. The Morgan fingerprint density at radius 1 is 1.27 bits per heavy atom. The standard InChI is InChI=1S/C13H20O2/c1-9-5-3-4-6-11(9)8-15-13(14)12-7-10(12)2/h3-4,9-12H,5-8H2,1-2H3. The van der Waals surface area contributed by atoms with Crippen molar-refractivity contribution in [2.75, 3.05) is 6.61 Å². The van der Waals surface area contributed by atoms with Gasteiger partial charge >= 0.3 is 5.97 Å². The number of esters is 1. The minimum Gasteiger partial charge on any atom is -0.465 e. The Bertz CT molecular complexity index is 270. The Balaban J connectivity index is 1.73. The summed E-state index contributed by atoms with van der Waals surface area (Å²) in [5.74, 6) is 1.98. The molecule has 84 valence electrons. The predicted octanol–water partition coefficient (Wildman–Crippen LogP) is 2.79. The van der Waals surface area contributed by atoms with Gasteiger partial charge in [0.2, 0.25) is 0 Å². The molecular weight excluding hydrogens is 188 g/mol. The molecular formula is C13H20O2. The highest BCUT2D eigenvalue weighted by atomic mass is 16.5. The molecule has 0 bridgehead atoms. The van der Waals surface area contributed by atoms with E-state index in [1.54, 1.807) is 0 Å². The van der Waals surface area contributed by atoms with Crippen molar-refractivity contribution >= 4 is 5.97 Å². The molecule has 0 N–H and O–H groups in total. The van der Waals surface area contributed by atoms with Crippen molar-refractivity contribution in [3.63, 3.8) is 0 Å². The van der Waals surface area contributed by atoms with Crippen LogP contribution < -0.4 is 0 Å². The number of rotatable bonds is 3. The second-order valence-electron chi connectivity index (χ2n) is 5.13. The zero-order valence-corrected chi connectivity index (χ0v) is 9.61. The Kier molecular flexibility index (Phi) is 3.13. The summed E-state index contributed by atoms with van der Waals surface area (Å²) < 4.78 is 5.37. The molecule has 0 aromatic carbocycles. The van der Waals surface area contributed by atoms with E-state index in [1.807, 2.05) is 0 Å². The normalized spacial score (nSPS) is 38.8. The van der Waals surface area contributed by atoms with E-state index in [9.17, 15) is 4.79 Å². The van der Waals surface area contributed by atoms with Crippen LogP contribution in [0, 0.1) is 23.7 Å². The van der Waals surface area contributed by atoms with Crippen molar-refractivity contribution in [3.8, 4) is 0 Å². The van der Waals surface area contributed by atoms with Crippen LogP contribution in [0.15, 0.2) is 12.2 Å². The van der Waals surface area contributed by atoms with E-state index in [-0.39, 0.29) is 11.9 Å². The van der Waals surface area contributed by atoms with Crippen molar-refractivity contribution in [2.45, 2.75) is 33.1 Å². The first kappa shape index (κ1) is 10.7. The van der Waals surface area contributed by atoms with Gasteiger partial charge in [0, 0.05) is 0 Å². The number of ether oxygens (including phenoxy) is 1. The van der Waals surface area contributed by atoms with E-state index in [4.69, 9.17) is 4.74 Å². The monoisotopic (exact) mass is 208 g/mol. The van der Waals surface area contributed by atoms with Crippen LogP contribution in [0.5, 0.6) is 0 Å². The first-order valence-electron chi connectivity index (χ1n) is 6.00. The van der Waals surface area contributed by atoms with Crippen LogP contribution in [0.1, 0.15) is 33.1 Å². The van der Waals surface area contributed by atoms with Gasteiger partial charge in [-0.25, -0.2) is 0 Å². The first-order valence-corrected chi connectivity index (χ1v) is 6.00. The van der Waals surface area contributed by atoms with Crippen LogP contribution in [-0.2, 0) is 9.53 Å². The Hall–Kier alpha value is -0.790. The van der Waals surface area contributed by atoms with Crippen LogP contribution in [0.4, 0.5) is 0 Å². The summed E-state index contributed by atoms with van der Waals surface area (Å²) in [7, 11) is 0. The number of carbonyl (C=O) groups excluding carboxylic acids is 1. The van der Waals surface area contributed by atoms with Crippen molar-refractivity contribution < 1.29 is 9.53 Å². The van der Waals surface area contributed by atoms with E-state index in [2.05, 4.69) is 26.0 Å². The lowest BCUT2D eigenvalue weighted by atomic mass is 9.85. The second kappa shape index (κ2) is 4.38. The lowest BCUT2D eigenvalue weighted by molar-refractivity contribution is -0.147. The van der Waals surface area contributed by atoms with Crippen LogP contribution in [0.25, 0.3) is 0 Å². The minimum absolute atomic E-state index is 0.0317. The molecule has 0 heterocycles. The van der Waals surface area contributed by atoms with Gasteiger partial charge in [0.15, 0.2) is 0 Å². The molecule has 15 heavy (non-hydrogen) atoms. The molecule has 0 aromatic heterocycles. The maximum absolute atomic E-state index is 11.5. The average Bonchev–Trinajstić information content (AvgIpc) is 2.94. The molecule has 1 saturated carbocycles. The highest BCUT2D eigenvalue weighted by Gasteiger charge is 2.40. The fourth-order valence-corrected chi connectivity index (χ4v) is 2.19. The smallest absolute Gasteiger partial charge is 0.309 e. The largest absolute Gasteiger partial charge is 0.465 e. The summed E-state index contributed by atoms with van der Waals surface area (Å²) in [5.41, 5.74) is 0. The molecule has 0 saturated heterocycles. The third-order valence-electron chi connectivity index (χ3n) is 3.77. The van der Waals surface area contributed by atoms with Gasteiger partial charge < -0.3 is 4.74 Å². The first-order chi connectivity index (χ1) is 7.18. The molecule has 4 unspecified atom stereocenters. The van der Waals surface area contributed by atoms with Crippen LogP contribution in [0.2, 0.25) is 0 Å². The maximum atomic E-state index is 11.5. The molecule has 2 aliphatic rings. The Labute approximate surface area is 91.7 Å². The number of allylic oxidation sites excluding steroid dienone is 2. The van der Waals surface area contributed by atoms with E-state index in [0.29, 0.717) is 24.4 Å². The third kappa shape index (κ3) is 2.61. The molecule has 4 atom stereocenters. The van der Waals surface area contributed by atoms with Crippen LogP contribution in [-0.4, -0.2) is 12.6 Å². The molecule has 2 rings (SSSR count). The summed E-state index contributed by atoms with van der Waals surface area (Å²) in [6.07, 6.45) is 7.65. The Morgan fingerprint density at radius 2 is 1.93 bits per heavy atom. The molecule has 0 radical (unpaired) electrons.